The molecule has 2 aromatic carbocycles. The third-order valence-corrected chi connectivity index (χ3v) is 3.22. The predicted octanol–water partition coefficient (Wildman–Crippen LogP) is 3.19. The summed E-state index contributed by atoms with van der Waals surface area (Å²) in [4.78, 5) is 12.3. The van der Waals surface area contributed by atoms with Crippen molar-refractivity contribution in [3.05, 3.63) is 47.0 Å². The largest absolute Gasteiger partial charge is 0.497 e. The van der Waals surface area contributed by atoms with Gasteiger partial charge in [-0.1, -0.05) is 11.6 Å². The van der Waals surface area contributed by atoms with Gasteiger partial charge in [0, 0.05) is 11.8 Å². The van der Waals surface area contributed by atoms with Crippen molar-refractivity contribution in [3.8, 4) is 11.5 Å². The molecule has 0 aliphatic carbocycles. The average molecular weight is 307 g/mol. The summed E-state index contributed by atoms with van der Waals surface area (Å²) in [6.45, 7) is 0. The number of hydrogen-bond acceptors (Lipinski definition) is 4. The Morgan fingerprint density at radius 1 is 1.14 bits per heavy atom. The molecule has 0 saturated heterocycles. The number of carbonyl (C=O) groups is 1. The Labute approximate surface area is 127 Å². The van der Waals surface area contributed by atoms with Crippen LogP contribution >= 0.6 is 11.6 Å². The Balaban J connectivity index is 2.29. The highest BCUT2D eigenvalue weighted by molar-refractivity contribution is 6.34. The van der Waals surface area contributed by atoms with Crippen LogP contribution in [0.4, 0.5) is 11.4 Å². The van der Waals surface area contributed by atoms with E-state index in [0.717, 1.165) is 0 Å². The highest BCUT2D eigenvalue weighted by Gasteiger charge is 2.14. The van der Waals surface area contributed by atoms with Crippen LogP contribution in [0.3, 0.4) is 0 Å². The molecular formula is C15H15ClN2O3. The van der Waals surface area contributed by atoms with E-state index in [2.05, 4.69) is 5.32 Å². The zero-order chi connectivity index (χ0) is 15.4. The zero-order valence-electron chi connectivity index (χ0n) is 11.6. The van der Waals surface area contributed by atoms with Gasteiger partial charge in [-0.25, -0.2) is 0 Å². The summed E-state index contributed by atoms with van der Waals surface area (Å²) < 4.78 is 10.3. The highest BCUT2D eigenvalue weighted by Crippen LogP contribution is 2.30. The fourth-order valence-electron chi connectivity index (χ4n) is 1.81. The second-order valence-electron chi connectivity index (χ2n) is 4.26. The topological polar surface area (TPSA) is 73.6 Å². The quantitative estimate of drug-likeness (QED) is 0.851. The number of benzene rings is 2. The van der Waals surface area contributed by atoms with E-state index < -0.39 is 0 Å². The lowest BCUT2D eigenvalue weighted by Gasteiger charge is -2.12. The maximum absolute atomic E-state index is 12.3. The first-order valence-electron chi connectivity index (χ1n) is 6.13. The number of carbonyl (C=O) groups excluding carboxylic acids is 1. The summed E-state index contributed by atoms with van der Waals surface area (Å²) >= 11 is 6.01. The van der Waals surface area contributed by atoms with Crippen LogP contribution in [0, 0.1) is 0 Å². The van der Waals surface area contributed by atoms with E-state index in [-0.39, 0.29) is 5.91 Å². The summed E-state index contributed by atoms with van der Waals surface area (Å²) in [6, 6.07) is 9.82. The molecule has 21 heavy (non-hydrogen) atoms. The molecule has 0 atom stereocenters. The molecule has 0 aliphatic rings. The summed E-state index contributed by atoms with van der Waals surface area (Å²) in [7, 11) is 3.07. The normalized spacial score (nSPS) is 10.0. The Morgan fingerprint density at radius 3 is 2.57 bits per heavy atom. The van der Waals surface area contributed by atoms with Crippen LogP contribution in [0.2, 0.25) is 5.02 Å². The molecule has 2 aromatic rings. The molecule has 0 aliphatic heterocycles. The number of anilines is 2. The van der Waals surface area contributed by atoms with Crippen molar-refractivity contribution in [3.63, 3.8) is 0 Å². The number of rotatable bonds is 4. The van der Waals surface area contributed by atoms with E-state index in [0.29, 0.717) is 33.5 Å². The number of amides is 1. The molecule has 0 unspecified atom stereocenters. The van der Waals surface area contributed by atoms with Crippen LogP contribution in [0.5, 0.6) is 11.5 Å². The second-order valence-corrected chi connectivity index (χ2v) is 4.67. The molecule has 110 valence electrons. The second kappa shape index (κ2) is 6.37. The van der Waals surface area contributed by atoms with Crippen LogP contribution in [0.1, 0.15) is 10.4 Å². The maximum atomic E-state index is 12.3. The van der Waals surface area contributed by atoms with Crippen molar-refractivity contribution in [1.29, 1.82) is 0 Å². The van der Waals surface area contributed by atoms with Crippen molar-refractivity contribution >= 4 is 28.9 Å². The minimum Gasteiger partial charge on any atom is -0.497 e. The SMILES string of the molecule is COc1ccc(NC(=O)c2cc(N)ccc2Cl)c(OC)c1. The number of hydrogen-bond donors (Lipinski definition) is 2. The van der Waals surface area contributed by atoms with Gasteiger partial charge in [0.25, 0.3) is 5.91 Å². The van der Waals surface area contributed by atoms with Crippen molar-refractivity contribution < 1.29 is 14.3 Å². The third-order valence-electron chi connectivity index (χ3n) is 2.89. The van der Waals surface area contributed by atoms with Crippen LogP contribution in [-0.2, 0) is 0 Å². The lowest BCUT2D eigenvalue weighted by molar-refractivity contribution is 0.102. The van der Waals surface area contributed by atoms with Gasteiger partial charge in [-0.2, -0.15) is 0 Å². The first-order chi connectivity index (χ1) is 10.0. The number of nitrogens with one attached hydrogen (secondary N) is 1. The van der Waals surface area contributed by atoms with Crippen LogP contribution in [0.25, 0.3) is 0 Å². The number of halogens is 1. The van der Waals surface area contributed by atoms with Crippen LogP contribution < -0.4 is 20.5 Å². The molecule has 1 amide bonds. The van der Waals surface area contributed by atoms with E-state index in [9.17, 15) is 4.79 Å². The van der Waals surface area contributed by atoms with Gasteiger partial charge in [-0.3, -0.25) is 4.79 Å². The molecule has 0 spiro atoms. The van der Waals surface area contributed by atoms with E-state index in [1.807, 2.05) is 0 Å². The fourth-order valence-corrected chi connectivity index (χ4v) is 2.01. The standard InChI is InChI=1S/C15H15ClN2O3/c1-20-10-4-6-13(14(8-10)21-2)18-15(19)11-7-9(17)3-5-12(11)16/h3-8H,17H2,1-2H3,(H,18,19). The third kappa shape index (κ3) is 3.38. The van der Waals surface area contributed by atoms with Gasteiger partial charge in [0.2, 0.25) is 0 Å². The van der Waals surface area contributed by atoms with Crippen molar-refractivity contribution in [1.82, 2.24) is 0 Å². The summed E-state index contributed by atoms with van der Waals surface area (Å²) in [5, 5.41) is 3.07. The predicted molar refractivity (Wildman–Crippen MR) is 83.4 cm³/mol. The van der Waals surface area contributed by atoms with Gasteiger partial charge in [0.1, 0.15) is 11.5 Å². The molecule has 0 radical (unpaired) electrons. The molecule has 0 bridgehead atoms. The summed E-state index contributed by atoms with van der Waals surface area (Å²) in [5.41, 5.74) is 6.95. The molecule has 0 fully saturated rings. The van der Waals surface area contributed by atoms with Gasteiger partial charge < -0.3 is 20.5 Å². The first kappa shape index (κ1) is 15.0. The number of methoxy groups -OCH3 is 2. The molecule has 0 saturated carbocycles. The lowest BCUT2D eigenvalue weighted by Crippen LogP contribution is -2.13. The monoisotopic (exact) mass is 306 g/mol. The molecule has 2 rings (SSSR count). The highest BCUT2D eigenvalue weighted by atomic mass is 35.5. The molecule has 0 heterocycles. The summed E-state index contributed by atoms with van der Waals surface area (Å²) in [5.74, 6) is 0.755. The molecule has 6 heteroatoms. The van der Waals surface area contributed by atoms with Gasteiger partial charge in [-0.05, 0) is 30.3 Å². The van der Waals surface area contributed by atoms with Gasteiger partial charge >= 0.3 is 0 Å². The first-order valence-corrected chi connectivity index (χ1v) is 6.51. The Morgan fingerprint density at radius 2 is 1.90 bits per heavy atom. The van der Waals surface area contributed by atoms with Gasteiger partial charge in [0.05, 0.1) is 30.5 Å². The van der Waals surface area contributed by atoms with Gasteiger partial charge in [0.15, 0.2) is 0 Å². The average Bonchev–Trinajstić information content (AvgIpc) is 2.49. The van der Waals surface area contributed by atoms with Crippen LogP contribution in [-0.4, -0.2) is 20.1 Å². The molecular weight excluding hydrogens is 292 g/mol. The lowest BCUT2D eigenvalue weighted by atomic mass is 10.1. The van der Waals surface area contributed by atoms with E-state index in [1.165, 1.54) is 13.2 Å². The van der Waals surface area contributed by atoms with Crippen molar-refractivity contribution in [2.75, 3.05) is 25.3 Å². The van der Waals surface area contributed by atoms with E-state index >= 15 is 0 Å². The van der Waals surface area contributed by atoms with Crippen molar-refractivity contribution in [2.45, 2.75) is 0 Å². The maximum Gasteiger partial charge on any atom is 0.257 e. The van der Waals surface area contributed by atoms with Crippen LogP contribution in [0.15, 0.2) is 36.4 Å². The zero-order valence-corrected chi connectivity index (χ0v) is 12.4. The Bertz CT molecular complexity index is 674. The number of ether oxygens (including phenoxy) is 2. The van der Waals surface area contributed by atoms with E-state index in [1.54, 1.807) is 37.4 Å². The molecule has 5 nitrogen and oxygen atoms in total. The Hall–Kier alpha value is -2.40. The summed E-state index contributed by atoms with van der Waals surface area (Å²) in [6.07, 6.45) is 0. The molecule has 0 aromatic heterocycles. The van der Waals surface area contributed by atoms with Gasteiger partial charge in [-0.15, -0.1) is 0 Å². The fraction of sp³-hybridized carbons (Fsp3) is 0.133. The minimum absolute atomic E-state index is 0.300. The smallest absolute Gasteiger partial charge is 0.257 e. The molecule has 3 N–H and O–H groups in total. The minimum atomic E-state index is -0.365. The number of nitrogens with two attached hydrogens (primary N) is 1. The number of nitrogen functional groups attached to an aromatic ring is 1. The Kier molecular flexibility index (Phi) is 4.55. The van der Waals surface area contributed by atoms with E-state index in [4.69, 9.17) is 26.8 Å². The van der Waals surface area contributed by atoms with Crippen molar-refractivity contribution in [2.24, 2.45) is 0 Å².